The minimum Gasteiger partial charge on any atom is -0.443 e. The molecule has 0 fully saturated rings. The second-order valence-corrected chi connectivity index (χ2v) is 8.77. The molecule has 6 nitrogen and oxygen atoms in total. The van der Waals surface area contributed by atoms with Gasteiger partial charge in [-0.15, -0.1) is 29.2 Å². The Kier molecular flexibility index (Phi) is 13.4. The summed E-state index contributed by atoms with van der Waals surface area (Å²) in [5, 5.41) is 0. The van der Waals surface area contributed by atoms with E-state index in [0.717, 1.165) is 25.2 Å². The summed E-state index contributed by atoms with van der Waals surface area (Å²) in [6.45, 7) is 6.93. The highest BCUT2D eigenvalue weighted by Crippen LogP contribution is 2.18. The first-order valence-electron chi connectivity index (χ1n) is 9.50. The lowest BCUT2D eigenvalue weighted by molar-refractivity contribution is 0.151. The first kappa shape index (κ1) is 28.2. The van der Waals surface area contributed by atoms with Gasteiger partial charge in [0.15, 0.2) is 0 Å². The van der Waals surface area contributed by atoms with Gasteiger partial charge < -0.3 is 15.4 Å². The molecule has 0 aliphatic rings. The summed E-state index contributed by atoms with van der Waals surface area (Å²) in [5.74, 6) is 0.286. The molecule has 0 aliphatic carbocycles. The molecule has 30 heavy (non-hydrogen) atoms. The Morgan fingerprint density at radius 2 is 1.63 bits per heavy atom. The van der Waals surface area contributed by atoms with Crippen LogP contribution in [0.5, 0.6) is 0 Å². The van der Waals surface area contributed by atoms with Gasteiger partial charge in [0.05, 0.1) is 9.73 Å². The van der Waals surface area contributed by atoms with Gasteiger partial charge in [0.2, 0.25) is 0 Å². The first-order chi connectivity index (χ1) is 13.5. The quantitative estimate of drug-likeness (QED) is 0.515. The molecular weight excluding hydrogens is 445 g/mol. The molecule has 0 saturated heterocycles. The van der Waals surface area contributed by atoms with Crippen molar-refractivity contribution in [2.75, 3.05) is 31.1 Å². The molecule has 0 saturated carbocycles. The predicted octanol–water partition coefficient (Wildman–Crippen LogP) is 5.01. The summed E-state index contributed by atoms with van der Waals surface area (Å²) in [6.07, 6.45) is -0.145. The Hall–Kier alpha value is -1.80. The molecule has 0 spiro atoms. The number of benzene rings is 2. The van der Waals surface area contributed by atoms with Crippen molar-refractivity contribution in [2.24, 2.45) is 4.36 Å². The smallest absolute Gasteiger partial charge is 0.442 e. The van der Waals surface area contributed by atoms with E-state index in [2.05, 4.69) is 23.1 Å². The van der Waals surface area contributed by atoms with E-state index in [4.69, 9.17) is 10.5 Å². The van der Waals surface area contributed by atoms with E-state index in [-0.39, 0.29) is 37.2 Å². The number of hydrogen-bond acceptors (Lipinski definition) is 5. The number of ether oxygens (including phenoxy) is 1. The highest BCUT2D eigenvalue weighted by molar-refractivity contribution is 7.94. The molecule has 168 valence electrons. The van der Waals surface area contributed by atoms with E-state index in [1.165, 1.54) is 0 Å². The zero-order valence-electron chi connectivity index (χ0n) is 17.4. The van der Waals surface area contributed by atoms with Crippen LogP contribution >= 0.6 is 24.8 Å². The minimum atomic E-state index is -2.93. The van der Waals surface area contributed by atoms with Crippen molar-refractivity contribution in [3.05, 3.63) is 60.2 Å². The van der Waals surface area contributed by atoms with Crippen LogP contribution in [0.3, 0.4) is 0 Å². The summed E-state index contributed by atoms with van der Waals surface area (Å²) < 4.78 is 22.7. The van der Waals surface area contributed by atoms with Crippen molar-refractivity contribution in [1.29, 1.82) is 0 Å². The fourth-order valence-corrected chi connectivity index (χ4v) is 4.59. The van der Waals surface area contributed by atoms with Crippen LogP contribution in [0.25, 0.3) is 0 Å². The Morgan fingerprint density at radius 1 is 1.03 bits per heavy atom. The maximum Gasteiger partial charge on any atom is 0.442 e. The number of amides is 1. The van der Waals surface area contributed by atoms with E-state index >= 15 is 0 Å². The number of anilines is 1. The molecule has 0 radical (unpaired) electrons. The van der Waals surface area contributed by atoms with Crippen LogP contribution in [0.4, 0.5) is 10.5 Å². The van der Waals surface area contributed by atoms with Crippen molar-refractivity contribution in [3.63, 3.8) is 0 Å². The Labute approximate surface area is 192 Å². The number of hydrogen-bond donors (Lipinski definition) is 1. The summed E-state index contributed by atoms with van der Waals surface area (Å²) in [4.78, 5) is 15.0. The average Bonchev–Trinajstić information content (AvgIpc) is 2.71. The molecule has 1 unspecified atom stereocenters. The maximum absolute atomic E-state index is 13.6. The Balaban J connectivity index is 0.00000420. The topological polar surface area (TPSA) is 85.0 Å². The van der Waals surface area contributed by atoms with Gasteiger partial charge >= 0.3 is 6.09 Å². The molecule has 2 aromatic rings. The van der Waals surface area contributed by atoms with Crippen molar-refractivity contribution in [2.45, 2.75) is 31.8 Å². The molecule has 1 atom stereocenters. The number of nitrogens with zero attached hydrogens (tertiary/aromatic N) is 2. The zero-order chi connectivity index (χ0) is 20.4. The van der Waals surface area contributed by atoms with E-state index in [1.807, 2.05) is 30.3 Å². The van der Waals surface area contributed by atoms with Gasteiger partial charge in [-0.05, 0) is 55.9 Å². The number of nitrogens with two attached hydrogens (primary N) is 1. The molecular formula is C21H31Cl2N3O3S. The Bertz CT molecular complexity index is 867. The summed E-state index contributed by atoms with van der Waals surface area (Å²) >= 11 is 0. The lowest BCUT2D eigenvalue weighted by Crippen LogP contribution is -2.25. The molecule has 0 heterocycles. The largest absolute Gasteiger partial charge is 0.443 e. The van der Waals surface area contributed by atoms with Crippen LogP contribution in [0.2, 0.25) is 0 Å². The van der Waals surface area contributed by atoms with Gasteiger partial charge in [-0.25, -0.2) is 9.00 Å². The molecule has 2 N–H and O–H groups in total. The fraction of sp³-hybridized carbons (Fsp3) is 0.381. The van der Waals surface area contributed by atoms with Gasteiger partial charge in [0.1, 0.15) is 6.61 Å². The summed E-state index contributed by atoms with van der Waals surface area (Å²) in [7, 11) is -2.93. The monoisotopic (exact) mass is 475 g/mol. The number of carbonyl (C=O) groups is 1. The predicted molar refractivity (Wildman–Crippen MR) is 128 cm³/mol. The number of halogens is 2. The normalized spacial score (nSPS) is 12.2. The third kappa shape index (κ3) is 8.92. The molecule has 0 aliphatic heterocycles. The second-order valence-electron chi connectivity index (χ2n) is 6.43. The van der Waals surface area contributed by atoms with Gasteiger partial charge in [-0.2, -0.15) is 0 Å². The maximum atomic E-state index is 13.6. The third-order valence-corrected chi connectivity index (χ3v) is 6.76. The molecule has 0 bridgehead atoms. The standard InChI is InChI=1S/C21H29N3O3S.2ClH/c1-3-24(4-2)15-8-16-28(26,20-13-11-19(22)12-14-20)23-21(25)27-17-18-9-6-5-7-10-18;;/h5-7,9-14H,3-4,8,15-17,22H2,1-2H3;2*1H. The third-order valence-electron chi connectivity index (χ3n) is 4.47. The second kappa shape index (κ2) is 14.2. The van der Waals surface area contributed by atoms with Crippen molar-refractivity contribution in [1.82, 2.24) is 4.90 Å². The van der Waals surface area contributed by atoms with Gasteiger partial charge in [0, 0.05) is 16.3 Å². The average molecular weight is 476 g/mol. The van der Waals surface area contributed by atoms with Crippen LogP contribution in [-0.2, 0) is 21.1 Å². The van der Waals surface area contributed by atoms with E-state index in [1.54, 1.807) is 24.3 Å². The van der Waals surface area contributed by atoms with Gasteiger partial charge in [0.25, 0.3) is 0 Å². The molecule has 2 rings (SSSR count). The SMILES string of the molecule is CCN(CC)CCCS(=O)(=NC(=O)OCc1ccccc1)c1ccc(N)cc1.Cl.Cl. The minimum absolute atomic E-state index is 0. The van der Waals surface area contributed by atoms with Crippen molar-refractivity contribution < 1.29 is 13.7 Å². The van der Waals surface area contributed by atoms with E-state index in [0.29, 0.717) is 17.0 Å². The van der Waals surface area contributed by atoms with Crippen LogP contribution in [0.1, 0.15) is 25.8 Å². The molecule has 0 aromatic heterocycles. The van der Waals surface area contributed by atoms with Crippen LogP contribution < -0.4 is 5.73 Å². The van der Waals surface area contributed by atoms with Gasteiger partial charge in [-0.1, -0.05) is 44.2 Å². The van der Waals surface area contributed by atoms with Crippen LogP contribution in [0, 0.1) is 0 Å². The number of nitrogen functional groups attached to an aromatic ring is 1. The van der Waals surface area contributed by atoms with E-state index in [9.17, 15) is 9.00 Å². The number of carbonyl (C=O) groups excluding carboxylic acids is 1. The van der Waals surface area contributed by atoms with Crippen molar-refractivity contribution >= 4 is 46.3 Å². The van der Waals surface area contributed by atoms with E-state index < -0.39 is 15.8 Å². The van der Waals surface area contributed by atoms with Gasteiger partial charge in [-0.3, -0.25) is 0 Å². The molecule has 1 amide bonds. The molecule has 2 aromatic carbocycles. The highest BCUT2D eigenvalue weighted by Gasteiger charge is 2.17. The van der Waals surface area contributed by atoms with Crippen LogP contribution in [0.15, 0.2) is 63.9 Å². The summed E-state index contributed by atoms with van der Waals surface area (Å²) in [6, 6.07) is 16.0. The number of rotatable bonds is 9. The van der Waals surface area contributed by atoms with Crippen LogP contribution in [-0.4, -0.2) is 40.6 Å². The first-order valence-corrected chi connectivity index (χ1v) is 11.2. The zero-order valence-corrected chi connectivity index (χ0v) is 19.8. The fourth-order valence-electron chi connectivity index (χ4n) is 2.79. The Morgan fingerprint density at radius 3 is 2.20 bits per heavy atom. The molecule has 9 heteroatoms. The highest BCUT2D eigenvalue weighted by atomic mass is 35.5. The lowest BCUT2D eigenvalue weighted by atomic mass is 10.2. The summed E-state index contributed by atoms with van der Waals surface area (Å²) in [5.41, 5.74) is 7.16. The van der Waals surface area contributed by atoms with Crippen molar-refractivity contribution in [3.8, 4) is 0 Å². The lowest BCUT2D eigenvalue weighted by Gasteiger charge is -2.18.